The second kappa shape index (κ2) is 3.16. The third-order valence-electron chi connectivity index (χ3n) is 2.23. The molecule has 3 N–H and O–H groups in total. The molecule has 76 valence electrons. The number of phenols is 2. The van der Waals surface area contributed by atoms with Gasteiger partial charge in [-0.3, -0.25) is 0 Å². The predicted molar refractivity (Wildman–Crippen MR) is 54.2 cm³/mol. The van der Waals surface area contributed by atoms with E-state index in [0.717, 1.165) is 0 Å². The number of benzene rings is 2. The molecular formula is C11H8O4. The van der Waals surface area contributed by atoms with Gasteiger partial charge in [-0.25, -0.2) is 4.79 Å². The van der Waals surface area contributed by atoms with Crippen molar-refractivity contribution in [2.24, 2.45) is 0 Å². The molecule has 0 heterocycles. The molecular weight excluding hydrogens is 196 g/mol. The molecule has 0 aromatic heterocycles. The van der Waals surface area contributed by atoms with Crippen LogP contribution in [0, 0.1) is 0 Å². The number of hydrogen-bond acceptors (Lipinski definition) is 3. The first kappa shape index (κ1) is 9.33. The molecule has 0 amide bonds. The smallest absolute Gasteiger partial charge is 0.336 e. The maximum atomic E-state index is 10.9. The number of phenolic OH excluding ortho intramolecular Hbond substituents is 2. The highest BCUT2D eigenvalue weighted by atomic mass is 16.4. The van der Waals surface area contributed by atoms with E-state index in [-0.39, 0.29) is 22.4 Å². The zero-order valence-electron chi connectivity index (χ0n) is 7.64. The van der Waals surface area contributed by atoms with E-state index in [0.29, 0.717) is 5.39 Å². The molecule has 0 bridgehead atoms. The summed E-state index contributed by atoms with van der Waals surface area (Å²) in [4.78, 5) is 10.9. The first-order valence-corrected chi connectivity index (χ1v) is 4.28. The van der Waals surface area contributed by atoms with Crippen molar-refractivity contribution >= 4 is 16.7 Å². The number of aromatic hydroxyl groups is 2. The molecule has 0 atom stereocenters. The standard InChI is InChI=1S/C11H8O4/c12-8-3-1-2-6-7(11(14)15)4-5-9(13)10(6)8/h1-5,12-13H,(H,14,15). The topological polar surface area (TPSA) is 77.8 Å². The highest BCUT2D eigenvalue weighted by molar-refractivity contribution is 6.07. The minimum absolute atomic E-state index is 0.0544. The monoisotopic (exact) mass is 204 g/mol. The Morgan fingerprint density at radius 1 is 1.00 bits per heavy atom. The summed E-state index contributed by atoms with van der Waals surface area (Å²) in [6, 6.07) is 7.03. The van der Waals surface area contributed by atoms with Gasteiger partial charge in [0.25, 0.3) is 0 Å². The van der Waals surface area contributed by atoms with Crippen LogP contribution >= 0.6 is 0 Å². The van der Waals surface area contributed by atoms with Crippen molar-refractivity contribution in [2.75, 3.05) is 0 Å². The Kier molecular flexibility index (Phi) is 1.97. The predicted octanol–water partition coefficient (Wildman–Crippen LogP) is 1.95. The van der Waals surface area contributed by atoms with E-state index in [1.54, 1.807) is 0 Å². The first-order chi connectivity index (χ1) is 7.11. The van der Waals surface area contributed by atoms with Crippen molar-refractivity contribution in [2.45, 2.75) is 0 Å². The van der Waals surface area contributed by atoms with Gasteiger partial charge in [-0.2, -0.15) is 0 Å². The molecule has 0 aliphatic heterocycles. The van der Waals surface area contributed by atoms with E-state index in [1.165, 1.54) is 30.3 Å². The Morgan fingerprint density at radius 3 is 2.33 bits per heavy atom. The third kappa shape index (κ3) is 1.36. The van der Waals surface area contributed by atoms with Crippen LogP contribution < -0.4 is 0 Å². The zero-order chi connectivity index (χ0) is 11.0. The van der Waals surface area contributed by atoms with Gasteiger partial charge in [0.15, 0.2) is 0 Å². The number of rotatable bonds is 1. The zero-order valence-corrected chi connectivity index (χ0v) is 7.64. The van der Waals surface area contributed by atoms with Crippen molar-refractivity contribution in [3.63, 3.8) is 0 Å². The van der Waals surface area contributed by atoms with Crippen LogP contribution in [0.2, 0.25) is 0 Å². The average Bonchev–Trinajstić information content (AvgIpc) is 2.17. The lowest BCUT2D eigenvalue weighted by molar-refractivity contribution is 0.0699. The molecule has 4 nitrogen and oxygen atoms in total. The largest absolute Gasteiger partial charge is 0.507 e. The molecule has 2 rings (SSSR count). The first-order valence-electron chi connectivity index (χ1n) is 4.28. The van der Waals surface area contributed by atoms with E-state index >= 15 is 0 Å². The maximum Gasteiger partial charge on any atom is 0.336 e. The maximum absolute atomic E-state index is 10.9. The van der Waals surface area contributed by atoms with E-state index in [4.69, 9.17) is 5.11 Å². The highest BCUT2D eigenvalue weighted by Crippen LogP contribution is 2.34. The Bertz CT molecular complexity index is 537. The van der Waals surface area contributed by atoms with Gasteiger partial charge in [0.2, 0.25) is 0 Å². The van der Waals surface area contributed by atoms with Crippen molar-refractivity contribution in [1.82, 2.24) is 0 Å². The second-order valence-electron chi connectivity index (χ2n) is 3.14. The summed E-state index contributed by atoms with van der Waals surface area (Å²) in [5.41, 5.74) is 0.0544. The van der Waals surface area contributed by atoms with E-state index < -0.39 is 5.97 Å². The molecule has 0 saturated heterocycles. The lowest BCUT2D eigenvalue weighted by Gasteiger charge is -2.05. The fraction of sp³-hybridized carbons (Fsp3) is 0. The summed E-state index contributed by atoms with van der Waals surface area (Å²) in [7, 11) is 0. The Hall–Kier alpha value is -2.23. The van der Waals surface area contributed by atoms with Crippen molar-refractivity contribution in [1.29, 1.82) is 0 Å². The van der Waals surface area contributed by atoms with Crippen LogP contribution in [0.1, 0.15) is 10.4 Å². The average molecular weight is 204 g/mol. The van der Waals surface area contributed by atoms with E-state index in [9.17, 15) is 15.0 Å². The minimum atomic E-state index is -1.09. The van der Waals surface area contributed by atoms with Crippen LogP contribution in [0.15, 0.2) is 30.3 Å². The lowest BCUT2D eigenvalue weighted by Crippen LogP contribution is -1.97. The van der Waals surface area contributed by atoms with Gasteiger partial charge in [0.05, 0.1) is 10.9 Å². The summed E-state index contributed by atoms with van der Waals surface area (Å²) >= 11 is 0. The van der Waals surface area contributed by atoms with Gasteiger partial charge in [0, 0.05) is 5.39 Å². The number of aromatic carboxylic acids is 1. The summed E-state index contributed by atoms with van der Waals surface area (Å²) in [6.45, 7) is 0. The molecule has 0 fully saturated rings. The van der Waals surface area contributed by atoms with E-state index in [2.05, 4.69) is 0 Å². The number of fused-ring (bicyclic) bond motifs is 1. The molecule has 0 aliphatic carbocycles. The van der Waals surface area contributed by atoms with Gasteiger partial charge in [-0.05, 0) is 18.2 Å². The molecule has 2 aromatic rings. The van der Waals surface area contributed by atoms with Crippen molar-refractivity contribution in [3.05, 3.63) is 35.9 Å². The summed E-state index contributed by atoms with van der Waals surface area (Å²) in [5.74, 6) is -1.35. The van der Waals surface area contributed by atoms with E-state index in [1.807, 2.05) is 0 Å². The van der Waals surface area contributed by atoms with Crippen LogP contribution in [0.5, 0.6) is 11.5 Å². The van der Waals surface area contributed by atoms with Gasteiger partial charge in [-0.15, -0.1) is 0 Å². The molecule has 15 heavy (non-hydrogen) atoms. The number of carboxylic acids is 1. The van der Waals surface area contributed by atoms with Crippen LogP contribution in [0.4, 0.5) is 0 Å². The van der Waals surface area contributed by atoms with Crippen molar-refractivity contribution < 1.29 is 20.1 Å². The quantitative estimate of drug-likeness (QED) is 0.663. The minimum Gasteiger partial charge on any atom is -0.507 e. The second-order valence-corrected chi connectivity index (χ2v) is 3.14. The molecule has 0 saturated carbocycles. The number of carboxylic acid groups (broad SMARTS) is 1. The lowest BCUT2D eigenvalue weighted by atomic mass is 10.0. The van der Waals surface area contributed by atoms with Gasteiger partial charge in [-0.1, -0.05) is 12.1 Å². The molecule has 4 heteroatoms. The molecule has 0 aliphatic rings. The normalized spacial score (nSPS) is 10.4. The summed E-state index contributed by atoms with van der Waals surface area (Å²) < 4.78 is 0. The molecule has 0 spiro atoms. The highest BCUT2D eigenvalue weighted by Gasteiger charge is 2.12. The summed E-state index contributed by atoms with van der Waals surface area (Å²) in [5, 5.41) is 28.4. The molecule has 0 unspecified atom stereocenters. The fourth-order valence-electron chi connectivity index (χ4n) is 1.56. The van der Waals surface area contributed by atoms with Crippen molar-refractivity contribution in [3.8, 4) is 11.5 Å². The van der Waals surface area contributed by atoms with Crippen LogP contribution in [0.25, 0.3) is 10.8 Å². The van der Waals surface area contributed by atoms with Gasteiger partial charge >= 0.3 is 5.97 Å². The Labute approximate surface area is 85.0 Å². The number of carbonyl (C=O) groups is 1. The summed E-state index contributed by atoms with van der Waals surface area (Å²) in [6.07, 6.45) is 0. The molecule has 0 radical (unpaired) electrons. The third-order valence-corrected chi connectivity index (χ3v) is 2.23. The fourth-order valence-corrected chi connectivity index (χ4v) is 1.56. The van der Waals surface area contributed by atoms with Crippen LogP contribution in [-0.4, -0.2) is 21.3 Å². The van der Waals surface area contributed by atoms with Gasteiger partial charge < -0.3 is 15.3 Å². The van der Waals surface area contributed by atoms with Gasteiger partial charge in [0.1, 0.15) is 11.5 Å². The SMILES string of the molecule is O=C(O)c1ccc(O)c2c(O)cccc12. The molecule has 2 aromatic carbocycles. The Balaban J connectivity index is 2.95. The van der Waals surface area contributed by atoms with Crippen LogP contribution in [0.3, 0.4) is 0 Å². The van der Waals surface area contributed by atoms with Crippen LogP contribution in [-0.2, 0) is 0 Å². The number of hydrogen-bond donors (Lipinski definition) is 3. The Morgan fingerprint density at radius 2 is 1.67 bits per heavy atom.